The van der Waals surface area contributed by atoms with E-state index in [1.807, 2.05) is 36.1 Å². The molecule has 2 aromatic heterocycles. The normalized spacial score (nSPS) is 10.4. The van der Waals surface area contributed by atoms with Gasteiger partial charge in [0.15, 0.2) is 0 Å². The summed E-state index contributed by atoms with van der Waals surface area (Å²) in [6, 6.07) is 3.78. The van der Waals surface area contributed by atoms with E-state index in [9.17, 15) is 0 Å². The van der Waals surface area contributed by atoms with E-state index in [1.165, 1.54) is 0 Å². The fourth-order valence-corrected chi connectivity index (χ4v) is 1.48. The first-order valence-corrected chi connectivity index (χ1v) is 4.71. The van der Waals surface area contributed by atoms with Crippen molar-refractivity contribution in [2.75, 3.05) is 0 Å². The summed E-state index contributed by atoms with van der Waals surface area (Å²) in [7, 11) is 0. The lowest BCUT2D eigenvalue weighted by Crippen LogP contribution is -1.99. The second-order valence-corrected chi connectivity index (χ2v) is 3.59. The van der Waals surface area contributed by atoms with Gasteiger partial charge in [0.2, 0.25) is 0 Å². The molecule has 0 aromatic carbocycles. The lowest BCUT2D eigenvalue weighted by molar-refractivity contribution is 0.686. The van der Waals surface area contributed by atoms with Crippen molar-refractivity contribution in [2.45, 2.75) is 13.5 Å². The average Bonchev–Trinajstić information content (AvgIpc) is 2.51. The highest BCUT2D eigenvalue weighted by atomic mass is 35.5. The molecule has 0 aliphatic rings. The summed E-state index contributed by atoms with van der Waals surface area (Å²) in [6.07, 6.45) is 5.53. The van der Waals surface area contributed by atoms with Crippen molar-refractivity contribution in [1.29, 1.82) is 0 Å². The van der Waals surface area contributed by atoms with Crippen LogP contribution in [0.15, 0.2) is 30.7 Å². The number of hydrogen-bond donors (Lipinski definition) is 0. The summed E-state index contributed by atoms with van der Waals surface area (Å²) in [5.74, 6) is 0. The first-order chi connectivity index (χ1) is 6.74. The number of pyridine rings is 1. The maximum atomic E-state index is 5.78. The van der Waals surface area contributed by atoms with Gasteiger partial charge in [-0.05, 0) is 30.2 Å². The number of aryl methyl sites for hydroxylation is 1. The third-order valence-electron chi connectivity index (χ3n) is 1.90. The quantitative estimate of drug-likeness (QED) is 0.708. The van der Waals surface area contributed by atoms with Gasteiger partial charge >= 0.3 is 0 Å². The fraction of sp³-hybridized carbons (Fsp3) is 0.200. The number of halogens is 1. The summed E-state index contributed by atoms with van der Waals surface area (Å²) < 4.78 is 1.88. The van der Waals surface area contributed by atoms with Crippen molar-refractivity contribution in [2.24, 2.45) is 0 Å². The zero-order valence-corrected chi connectivity index (χ0v) is 8.57. The molecule has 0 fully saturated rings. The van der Waals surface area contributed by atoms with Gasteiger partial charge in [0.05, 0.1) is 12.7 Å². The van der Waals surface area contributed by atoms with Crippen molar-refractivity contribution < 1.29 is 0 Å². The molecule has 3 nitrogen and oxygen atoms in total. The molecular formula is C10H10ClN3. The Morgan fingerprint density at radius 2 is 2.36 bits per heavy atom. The van der Waals surface area contributed by atoms with Gasteiger partial charge in [-0.2, -0.15) is 5.10 Å². The van der Waals surface area contributed by atoms with E-state index in [2.05, 4.69) is 10.1 Å². The third-order valence-corrected chi connectivity index (χ3v) is 2.10. The van der Waals surface area contributed by atoms with E-state index >= 15 is 0 Å². The number of nitrogens with zero attached hydrogens (tertiary/aromatic N) is 3. The van der Waals surface area contributed by atoms with Crippen LogP contribution in [0.1, 0.15) is 11.1 Å². The summed E-state index contributed by atoms with van der Waals surface area (Å²) in [4.78, 5) is 3.92. The minimum Gasteiger partial charge on any atom is -0.268 e. The standard InChI is InChI=1S/C10H10ClN3/c1-8-5-13-14(6-8)7-9-2-3-12-10(11)4-9/h2-6H,7H2,1H3. The van der Waals surface area contributed by atoms with Crippen LogP contribution in [0.4, 0.5) is 0 Å². The minimum absolute atomic E-state index is 0.520. The van der Waals surface area contributed by atoms with Crippen LogP contribution in [0.5, 0.6) is 0 Å². The minimum atomic E-state index is 0.520. The maximum absolute atomic E-state index is 5.78. The van der Waals surface area contributed by atoms with Gasteiger partial charge in [0, 0.05) is 12.4 Å². The number of rotatable bonds is 2. The van der Waals surface area contributed by atoms with Crippen LogP contribution in [0.25, 0.3) is 0 Å². The fourth-order valence-electron chi connectivity index (χ4n) is 1.28. The summed E-state index contributed by atoms with van der Waals surface area (Å²) in [5, 5.41) is 4.71. The van der Waals surface area contributed by atoms with Crippen LogP contribution in [-0.2, 0) is 6.54 Å². The molecule has 4 heteroatoms. The van der Waals surface area contributed by atoms with Gasteiger partial charge in [-0.15, -0.1) is 0 Å². The van der Waals surface area contributed by atoms with E-state index in [0.29, 0.717) is 5.15 Å². The predicted octanol–water partition coefficient (Wildman–Crippen LogP) is 2.29. The first-order valence-electron chi connectivity index (χ1n) is 4.33. The van der Waals surface area contributed by atoms with Gasteiger partial charge < -0.3 is 0 Å². The SMILES string of the molecule is Cc1cnn(Cc2ccnc(Cl)c2)c1. The zero-order chi connectivity index (χ0) is 9.97. The first kappa shape index (κ1) is 9.21. The second-order valence-electron chi connectivity index (χ2n) is 3.20. The Hall–Kier alpha value is -1.35. The Kier molecular flexibility index (Phi) is 2.50. The summed E-state index contributed by atoms with van der Waals surface area (Å²) in [5.41, 5.74) is 2.26. The third kappa shape index (κ3) is 2.12. The van der Waals surface area contributed by atoms with E-state index in [1.54, 1.807) is 6.20 Å². The molecule has 0 saturated carbocycles. The Labute approximate surface area is 87.3 Å². The highest BCUT2D eigenvalue weighted by molar-refractivity contribution is 6.29. The van der Waals surface area contributed by atoms with E-state index in [0.717, 1.165) is 17.7 Å². The second kappa shape index (κ2) is 3.80. The van der Waals surface area contributed by atoms with Crippen molar-refractivity contribution >= 4 is 11.6 Å². The van der Waals surface area contributed by atoms with Gasteiger partial charge in [0.25, 0.3) is 0 Å². The topological polar surface area (TPSA) is 30.7 Å². The molecule has 0 amide bonds. The van der Waals surface area contributed by atoms with Crippen molar-refractivity contribution in [3.05, 3.63) is 47.0 Å². The van der Waals surface area contributed by atoms with E-state index in [4.69, 9.17) is 11.6 Å². The predicted molar refractivity (Wildman–Crippen MR) is 55.3 cm³/mol. The van der Waals surface area contributed by atoms with Crippen LogP contribution in [0.3, 0.4) is 0 Å². The Morgan fingerprint density at radius 1 is 1.50 bits per heavy atom. The lowest BCUT2D eigenvalue weighted by Gasteiger charge is -2.01. The Balaban J connectivity index is 2.18. The molecule has 0 atom stereocenters. The number of hydrogen-bond acceptors (Lipinski definition) is 2. The summed E-state index contributed by atoms with van der Waals surface area (Å²) in [6.45, 7) is 2.75. The molecule has 0 saturated heterocycles. The van der Waals surface area contributed by atoms with Crippen LogP contribution >= 0.6 is 11.6 Å². The van der Waals surface area contributed by atoms with Gasteiger partial charge in [-0.1, -0.05) is 11.6 Å². The maximum Gasteiger partial charge on any atom is 0.129 e. The summed E-state index contributed by atoms with van der Waals surface area (Å²) >= 11 is 5.78. The molecule has 0 unspecified atom stereocenters. The van der Waals surface area contributed by atoms with Crippen molar-refractivity contribution in [3.63, 3.8) is 0 Å². The molecule has 0 bridgehead atoms. The Morgan fingerprint density at radius 3 is 3.00 bits per heavy atom. The highest BCUT2D eigenvalue weighted by Crippen LogP contribution is 2.08. The van der Waals surface area contributed by atoms with Gasteiger partial charge in [-0.3, -0.25) is 4.68 Å². The molecule has 0 radical (unpaired) electrons. The van der Waals surface area contributed by atoms with E-state index in [-0.39, 0.29) is 0 Å². The largest absolute Gasteiger partial charge is 0.268 e. The molecule has 2 rings (SSSR count). The smallest absolute Gasteiger partial charge is 0.129 e. The zero-order valence-electron chi connectivity index (χ0n) is 7.81. The van der Waals surface area contributed by atoms with Crippen LogP contribution in [0.2, 0.25) is 5.15 Å². The highest BCUT2D eigenvalue weighted by Gasteiger charge is 1.97. The molecule has 72 valence electrons. The van der Waals surface area contributed by atoms with Gasteiger partial charge in [-0.25, -0.2) is 4.98 Å². The Bertz CT molecular complexity index is 436. The van der Waals surface area contributed by atoms with Crippen molar-refractivity contribution in [3.8, 4) is 0 Å². The van der Waals surface area contributed by atoms with E-state index < -0.39 is 0 Å². The lowest BCUT2D eigenvalue weighted by atomic mass is 10.3. The average molecular weight is 208 g/mol. The molecule has 0 spiro atoms. The monoisotopic (exact) mass is 207 g/mol. The van der Waals surface area contributed by atoms with Crippen molar-refractivity contribution in [1.82, 2.24) is 14.8 Å². The molecular weight excluding hydrogens is 198 g/mol. The van der Waals surface area contributed by atoms with Crippen LogP contribution in [-0.4, -0.2) is 14.8 Å². The molecule has 0 N–H and O–H groups in total. The number of aromatic nitrogens is 3. The molecule has 0 aliphatic carbocycles. The molecule has 14 heavy (non-hydrogen) atoms. The van der Waals surface area contributed by atoms with Gasteiger partial charge in [0.1, 0.15) is 5.15 Å². The van der Waals surface area contributed by atoms with Crippen LogP contribution < -0.4 is 0 Å². The molecule has 0 aliphatic heterocycles. The van der Waals surface area contributed by atoms with Crippen LogP contribution in [0, 0.1) is 6.92 Å². The molecule has 2 aromatic rings. The molecule has 2 heterocycles.